The summed E-state index contributed by atoms with van der Waals surface area (Å²) in [7, 11) is 0. The SMILES string of the molecule is CC(C)Oc1ccc(CNC(=O)c2ccc3nc[nH]c3c2)cc1F. The Balaban J connectivity index is 1.66. The molecule has 3 aromatic rings. The number of imidazole rings is 1. The molecule has 1 amide bonds. The van der Waals surface area contributed by atoms with Crippen LogP contribution in [-0.4, -0.2) is 22.0 Å². The first kappa shape index (κ1) is 16.0. The predicted molar refractivity (Wildman–Crippen MR) is 89.4 cm³/mol. The number of hydrogen-bond acceptors (Lipinski definition) is 3. The second-order valence-electron chi connectivity index (χ2n) is 5.75. The Kier molecular flexibility index (Phi) is 4.46. The third kappa shape index (κ3) is 3.53. The number of halogens is 1. The van der Waals surface area contributed by atoms with Gasteiger partial charge >= 0.3 is 0 Å². The molecule has 0 fully saturated rings. The Morgan fingerprint density at radius 1 is 1.29 bits per heavy atom. The molecule has 0 atom stereocenters. The first-order valence-corrected chi connectivity index (χ1v) is 7.69. The van der Waals surface area contributed by atoms with E-state index in [0.717, 1.165) is 11.0 Å². The van der Waals surface area contributed by atoms with Gasteiger partial charge < -0.3 is 15.0 Å². The van der Waals surface area contributed by atoms with Crippen molar-refractivity contribution >= 4 is 16.9 Å². The Labute approximate surface area is 138 Å². The normalized spacial score (nSPS) is 11.0. The molecule has 0 aliphatic carbocycles. The van der Waals surface area contributed by atoms with Gasteiger partial charge in [0.15, 0.2) is 11.6 Å². The Bertz CT molecular complexity index is 874. The Morgan fingerprint density at radius 3 is 2.88 bits per heavy atom. The first-order valence-electron chi connectivity index (χ1n) is 7.69. The largest absolute Gasteiger partial charge is 0.488 e. The smallest absolute Gasteiger partial charge is 0.251 e. The first-order chi connectivity index (χ1) is 11.5. The van der Waals surface area contributed by atoms with Crippen molar-refractivity contribution < 1.29 is 13.9 Å². The van der Waals surface area contributed by atoms with Crippen molar-refractivity contribution in [2.24, 2.45) is 0 Å². The maximum atomic E-state index is 13.9. The van der Waals surface area contributed by atoms with Crippen molar-refractivity contribution in [3.05, 3.63) is 59.7 Å². The van der Waals surface area contributed by atoms with Crippen LogP contribution in [0.4, 0.5) is 4.39 Å². The van der Waals surface area contributed by atoms with E-state index in [4.69, 9.17) is 4.74 Å². The molecular weight excluding hydrogens is 309 g/mol. The number of carbonyl (C=O) groups excluding carboxylic acids is 1. The molecule has 6 heteroatoms. The van der Waals surface area contributed by atoms with Gasteiger partial charge in [-0.1, -0.05) is 6.07 Å². The second kappa shape index (κ2) is 6.70. The van der Waals surface area contributed by atoms with E-state index < -0.39 is 5.82 Å². The minimum atomic E-state index is -0.436. The fourth-order valence-electron chi connectivity index (χ4n) is 2.37. The van der Waals surface area contributed by atoms with Crippen LogP contribution < -0.4 is 10.1 Å². The maximum absolute atomic E-state index is 13.9. The summed E-state index contributed by atoms with van der Waals surface area (Å²) < 4.78 is 19.3. The van der Waals surface area contributed by atoms with Crippen LogP contribution in [-0.2, 0) is 6.54 Å². The lowest BCUT2D eigenvalue weighted by Gasteiger charge is -2.12. The fraction of sp³-hybridized carbons (Fsp3) is 0.222. The average molecular weight is 327 g/mol. The molecule has 0 spiro atoms. The zero-order valence-corrected chi connectivity index (χ0v) is 13.5. The lowest BCUT2D eigenvalue weighted by molar-refractivity contribution is 0.0951. The molecule has 0 saturated carbocycles. The minimum absolute atomic E-state index is 0.0950. The van der Waals surface area contributed by atoms with E-state index in [1.165, 1.54) is 6.07 Å². The van der Waals surface area contributed by atoms with Crippen molar-refractivity contribution in [1.29, 1.82) is 0 Å². The van der Waals surface area contributed by atoms with E-state index in [1.54, 1.807) is 36.7 Å². The number of aromatic nitrogens is 2. The average Bonchev–Trinajstić information content (AvgIpc) is 3.02. The highest BCUT2D eigenvalue weighted by atomic mass is 19.1. The lowest BCUT2D eigenvalue weighted by Crippen LogP contribution is -2.22. The van der Waals surface area contributed by atoms with E-state index in [-0.39, 0.29) is 24.3 Å². The molecule has 0 saturated heterocycles. The summed E-state index contributed by atoms with van der Waals surface area (Å²) in [5.74, 6) is -0.450. The summed E-state index contributed by atoms with van der Waals surface area (Å²) in [5, 5.41) is 2.78. The quantitative estimate of drug-likeness (QED) is 0.754. The number of rotatable bonds is 5. The molecule has 2 aromatic carbocycles. The van der Waals surface area contributed by atoms with E-state index in [1.807, 2.05) is 13.8 Å². The number of hydrogen-bond donors (Lipinski definition) is 2. The molecule has 3 rings (SSSR count). The number of H-pyrrole nitrogens is 1. The van der Waals surface area contributed by atoms with Gasteiger partial charge in [0, 0.05) is 12.1 Å². The number of nitrogens with zero attached hydrogens (tertiary/aromatic N) is 1. The predicted octanol–water partition coefficient (Wildman–Crippen LogP) is 3.42. The van der Waals surface area contributed by atoms with Gasteiger partial charge in [-0.25, -0.2) is 9.37 Å². The van der Waals surface area contributed by atoms with Crippen molar-refractivity contribution in [1.82, 2.24) is 15.3 Å². The monoisotopic (exact) mass is 327 g/mol. The highest BCUT2D eigenvalue weighted by molar-refractivity contribution is 5.97. The number of ether oxygens (including phenoxy) is 1. The molecule has 1 heterocycles. The molecule has 1 aromatic heterocycles. The van der Waals surface area contributed by atoms with E-state index >= 15 is 0 Å². The van der Waals surface area contributed by atoms with Gasteiger partial charge in [0.25, 0.3) is 5.91 Å². The second-order valence-corrected chi connectivity index (χ2v) is 5.75. The molecule has 5 nitrogen and oxygen atoms in total. The Hall–Kier alpha value is -2.89. The number of benzene rings is 2. The summed E-state index contributed by atoms with van der Waals surface area (Å²) in [6, 6.07) is 9.90. The number of fused-ring (bicyclic) bond motifs is 1. The summed E-state index contributed by atoms with van der Waals surface area (Å²) in [6.45, 7) is 3.91. The molecule has 124 valence electrons. The van der Waals surface area contributed by atoms with Gasteiger partial charge in [0.05, 0.1) is 23.5 Å². The standard InChI is InChI=1S/C18H18FN3O2/c1-11(2)24-17-6-3-12(7-14(17)19)9-20-18(23)13-4-5-15-16(8-13)22-10-21-15/h3-8,10-11H,9H2,1-2H3,(H,20,23)(H,21,22). The molecule has 0 unspecified atom stereocenters. The van der Waals surface area contributed by atoms with Crippen LogP contribution in [0.5, 0.6) is 5.75 Å². The van der Waals surface area contributed by atoms with Crippen LogP contribution >= 0.6 is 0 Å². The number of carbonyl (C=O) groups is 1. The molecule has 0 bridgehead atoms. The van der Waals surface area contributed by atoms with E-state index in [2.05, 4.69) is 15.3 Å². The van der Waals surface area contributed by atoms with Crippen molar-refractivity contribution in [3.63, 3.8) is 0 Å². The minimum Gasteiger partial charge on any atom is -0.488 e. The van der Waals surface area contributed by atoms with Gasteiger partial charge in [0.2, 0.25) is 0 Å². The third-order valence-electron chi connectivity index (χ3n) is 3.49. The van der Waals surface area contributed by atoms with Crippen LogP contribution in [0.15, 0.2) is 42.7 Å². The molecule has 24 heavy (non-hydrogen) atoms. The highest BCUT2D eigenvalue weighted by Crippen LogP contribution is 2.19. The summed E-state index contributed by atoms with van der Waals surface area (Å²) in [4.78, 5) is 19.3. The summed E-state index contributed by atoms with van der Waals surface area (Å²) in [6.07, 6.45) is 1.48. The van der Waals surface area contributed by atoms with Crippen LogP contribution in [0.1, 0.15) is 29.8 Å². The van der Waals surface area contributed by atoms with Gasteiger partial charge in [-0.05, 0) is 49.7 Å². The summed E-state index contributed by atoms with van der Waals surface area (Å²) >= 11 is 0. The molecule has 2 N–H and O–H groups in total. The third-order valence-corrected chi connectivity index (χ3v) is 3.49. The van der Waals surface area contributed by atoms with Crippen LogP contribution in [0.2, 0.25) is 0 Å². The van der Waals surface area contributed by atoms with Gasteiger partial charge in [-0.2, -0.15) is 0 Å². The van der Waals surface area contributed by atoms with Crippen molar-refractivity contribution in [3.8, 4) is 5.75 Å². The number of nitrogens with one attached hydrogen (secondary N) is 2. The van der Waals surface area contributed by atoms with E-state index in [0.29, 0.717) is 11.1 Å². The number of aromatic amines is 1. The van der Waals surface area contributed by atoms with Crippen molar-refractivity contribution in [2.75, 3.05) is 0 Å². The van der Waals surface area contributed by atoms with E-state index in [9.17, 15) is 9.18 Å². The van der Waals surface area contributed by atoms with Crippen LogP contribution in [0, 0.1) is 5.82 Å². The van der Waals surface area contributed by atoms with Gasteiger partial charge in [-0.15, -0.1) is 0 Å². The van der Waals surface area contributed by atoms with Gasteiger partial charge in [0.1, 0.15) is 0 Å². The highest BCUT2D eigenvalue weighted by Gasteiger charge is 2.10. The topological polar surface area (TPSA) is 67.0 Å². The number of amides is 1. The zero-order chi connectivity index (χ0) is 17.1. The van der Waals surface area contributed by atoms with Crippen LogP contribution in [0.25, 0.3) is 11.0 Å². The van der Waals surface area contributed by atoms with Crippen molar-refractivity contribution in [2.45, 2.75) is 26.5 Å². The van der Waals surface area contributed by atoms with Crippen LogP contribution in [0.3, 0.4) is 0 Å². The van der Waals surface area contributed by atoms with Gasteiger partial charge in [-0.3, -0.25) is 4.79 Å². The summed E-state index contributed by atoms with van der Waals surface area (Å²) in [5.41, 5.74) is 2.78. The molecular formula is C18H18FN3O2. The lowest BCUT2D eigenvalue weighted by atomic mass is 10.1. The zero-order valence-electron chi connectivity index (χ0n) is 13.5. The fourth-order valence-corrected chi connectivity index (χ4v) is 2.37. The molecule has 0 aliphatic heterocycles. The maximum Gasteiger partial charge on any atom is 0.251 e. The Morgan fingerprint density at radius 2 is 2.12 bits per heavy atom. The molecule has 0 radical (unpaired) electrons. The molecule has 0 aliphatic rings.